The maximum atomic E-state index is 12.4. The van der Waals surface area contributed by atoms with Crippen molar-refractivity contribution in [2.75, 3.05) is 19.6 Å². The number of benzene rings is 1. The van der Waals surface area contributed by atoms with Gasteiger partial charge in [0.15, 0.2) is 11.5 Å². The van der Waals surface area contributed by atoms with Crippen LogP contribution in [-0.4, -0.2) is 41.5 Å². The van der Waals surface area contributed by atoms with E-state index < -0.39 is 0 Å². The Hall–Kier alpha value is -1.79. The lowest BCUT2D eigenvalue weighted by atomic mass is 9.96. The molecule has 23 heavy (non-hydrogen) atoms. The second-order valence-corrected chi connectivity index (χ2v) is 7.35. The fourth-order valence-electron chi connectivity index (χ4n) is 3.48. The van der Waals surface area contributed by atoms with Gasteiger partial charge in [0.05, 0.1) is 6.20 Å². The van der Waals surface area contributed by atoms with E-state index in [1.54, 1.807) is 6.20 Å². The molecule has 0 spiro atoms. The molecule has 1 amide bonds. The minimum Gasteiger partial charge on any atom is -0.437 e. The fraction of sp³-hybridized carbons (Fsp3) is 0.412. The van der Waals surface area contributed by atoms with Gasteiger partial charge in [-0.15, -0.1) is 0 Å². The quantitative estimate of drug-likeness (QED) is 0.934. The van der Waals surface area contributed by atoms with Gasteiger partial charge in [-0.3, -0.25) is 4.79 Å². The molecular weight excluding hydrogens is 310 g/mol. The Labute approximate surface area is 139 Å². The van der Waals surface area contributed by atoms with Crippen molar-refractivity contribution in [2.45, 2.75) is 28.9 Å². The van der Waals surface area contributed by atoms with Gasteiger partial charge < -0.3 is 14.6 Å². The molecule has 2 aliphatic heterocycles. The van der Waals surface area contributed by atoms with Gasteiger partial charge in [0.2, 0.25) is 0 Å². The lowest BCUT2D eigenvalue weighted by Crippen LogP contribution is -2.47. The summed E-state index contributed by atoms with van der Waals surface area (Å²) < 4.78 is 5.21. The molecule has 6 heteroatoms. The third-order valence-corrected chi connectivity index (χ3v) is 5.46. The molecule has 120 valence electrons. The van der Waals surface area contributed by atoms with Crippen molar-refractivity contribution >= 4 is 17.7 Å². The van der Waals surface area contributed by atoms with E-state index in [0.717, 1.165) is 28.9 Å². The normalized spacial score (nSPS) is 26.2. The Balaban J connectivity index is 1.36. The van der Waals surface area contributed by atoms with Crippen molar-refractivity contribution in [3.8, 4) is 0 Å². The summed E-state index contributed by atoms with van der Waals surface area (Å²) in [4.78, 5) is 19.8. The Morgan fingerprint density at radius 2 is 2.17 bits per heavy atom. The van der Waals surface area contributed by atoms with Crippen molar-refractivity contribution in [1.82, 2.24) is 15.2 Å². The molecule has 0 aliphatic carbocycles. The number of piperidine rings is 1. The predicted octanol–water partition coefficient (Wildman–Crippen LogP) is 2.65. The second-order valence-electron chi connectivity index (χ2n) is 6.27. The molecule has 2 aliphatic rings. The molecule has 5 nitrogen and oxygen atoms in total. The van der Waals surface area contributed by atoms with Crippen LogP contribution in [0.5, 0.6) is 0 Å². The van der Waals surface area contributed by atoms with Crippen molar-refractivity contribution in [1.29, 1.82) is 0 Å². The number of rotatable bonds is 4. The highest BCUT2D eigenvalue weighted by Crippen LogP contribution is 2.28. The number of aromatic nitrogens is 1. The number of oxazole rings is 1. The Morgan fingerprint density at radius 1 is 1.30 bits per heavy atom. The summed E-state index contributed by atoms with van der Waals surface area (Å²) in [6.45, 7) is 3.38. The summed E-state index contributed by atoms with van der Waals surface area (Å²) in [5.74, 6) is 0.781. The molecule has 2 aromatic rings. The van der Waals surface area contributed by atoms with Crippen LogP contribution in [0, 0.1) is 5.92 Å². The number of fused-ring (bicyclic) bond motifs is 2. The van der Waals surface area contributed by atoms with Crippen LogP contribution in [-0.2, 0) is 0 Å². The number of nitrogens with one attached hydrogen (secondary N) is 1. The van der Waals surface area contributed by atoms with Crippen molar-refractivity contribution in [3.63, 3.8) is 0 Å². The van der Waals surface area contributed by atoms with Gasteiger partial charge in [0.25, 0.3) is 5.91 Å². The van der Waals surface area contributed by atoms with Crippen LogP contribution in [0.4, 0.5) is 0 Å². The summed E-state index contributed by atoms with van der Waals surface area (Å²) in [6.07, 6.45) is 5.48. The van der Waals surface area contributed by atoms with Crippen LogP contribution in [0.2, 0.25) is 0 Å². The van der Waals surface area contributed by atoms with Crippen LogP contribution in [0.15, 0.2) is 51.3 Å². The highest BCUT2D eigenvalue weighted by molar-refractivity contribution is 7.99. The molecule has 2 fully saturated rings. The first-order chi connectivity index (χ1) is 11.3. The zero-order valence-electron chi connectivity index (χ0n) is 12.8. The van der Waals surface area contributed by atoms with E-state index in [1.807, 2.05) is 24.3 Å². The molecular formula is C17H19N3O2S. The van der Waals surface area contributed by atoms with Crippen LogP contribution < -0.4 is 5.32 Å². The van der Waals surface area contributed by atoms with Crippen LogP contribution in [0.1, 0.15) is 23.2 Å². The highest BCUT2D eigenvalue weighted by Gasteiger charge is 2.32. The third kappa shape index (κ3) is 3.43. The standard InChI is InChI=1S/C17H19N3O2S/c21-17(19-14-7-12-5-6-20(9-12)10-14)13-1-3-15(4-2-13)23-16-8-18-11-22-16/h1-4,8,11-12,14H,5-7,9-10H2,(H,19,21)/t12-,14+/m0/s1. The average molecular weight is 329 g/mol. The molecule has 1 aromatic carbocycles. The molecule has 2 saturated heterocycles. The van der Waals surface area contributed by atoms with Crippen molar-refractivity contribution in [2.24, 2.45) is 5.92 Å². The zero-order chi connectivity index (χ0) is 15.6. The second kappa shape index (κ2) is 6.37. The van der Waals surface area contributed by atoms with Gasteiger partial charge in [0.1, 0.15) is 0 Å². The fourth-order valence-corrected chi connectivity index (χ4v) is 4.19. The SMILES string of the molecule is O=C(N[C@@H]1C[C@@H]2CCN(C2)C1)c1ccc(Sc2cnco2)cc1. The monoisotopic (exact) mass is 329 g/mol. The molecule has 1 unspecified atom stereocenters. The van der Waals surface area contributed by atoms with Gasteiger partial charge in [0, 0.05) is 29.6 Å². The Morgan fingerprint density at radius 3 is 2.91 bits per heavy atom. The van der Waals surface area contributed by atoms with E-state index in [2.05, 4.69) is 15.2 Å². The first-order valence-electron chi connectivity index (χ1n) is 7.96. The molecule has 2 bridgehead atoms. The largest absolute Gasteiger partial charge is 0.437 e. The number of hydrogen-bond acceptors (Lipinski definition) is 5. The molecule has 0 radical (unpaired) electrons. The molecule has 4 rings (SSSR count). The van der Waals surface area contributed by atoms with Gasteiger partial charge in [-0.05, 0) is 49.6 Å². The Bertz CT molecular complexity index is 660. The first-order valence-corrected chi connectivity index (χ1v) is 8.77. The molecule has 1 N–H and O–H groups in total. The van der Waals surface area contributed by atoms with Crippen LogP contribution in [0.3, 0.4) is 0 Å². The van der Waals surface area contributed by atoms with Crippen LogP contribution >= 0.6 is 11.8 Å². The molecule has 1 aromatic heterocycles. The lowest BCUT2D eigenvalue weighted by molar-refractivity contribution is 0.0909. The minimum atomic E-state index is 0.0220. The smallest absolute Gasteiger partial charge is 0.251 e. The number of carbonyl (C=O) groups excluding carboxylic acids is 1. The molecule has 3 atom stereocenters. The summed E-state index contributed by atoms with van der Waals surface area (Å²) in [6, 6.07) is 7.90. The van der Waals surface area contributed by atoms with E-state index >= 15 is 0 Å². The highest BCUT2D eigenvalue weighted by atomic mass is 32.2. The maximum absolute atomic E-state index is 12.4. The number of hydrogen-bond donors (Lipinski definition) is 1. The third-order valence-electron chi connectivity index (χ3n) is 4.55. The minimum absolute atomic E-state index is 0.0220. The lowest BCUT2D eigenvalue weighted by Gasteiger charge is -2.30. The summed E-state index contributed by atoms with van der Waals surface area (Å²) in [7, 11) is 0. The van der Waals surface area contributed by atoms with Gasteiger partial charge in [-0.25, -0.2) is 4.98 Å². The van der Waals surface area contributed by atoms with E-state index in [-0.39, 0.29) is 11.9 Å². The molecule has 3 heterocycles. The first kappa shape index (κ1) is 14.8. The summed E-state index contributed by atoms with van der Waals surface area (Å²) in [5.41, 5.74) is 0.708. The van der Waals surface area contributed by atoms with Gasteiger partial charge >= 0.3 is 0 Å². The van der Waals surface area contributed by atoms with Gasteiger partial charge in [-0.1, -0.05) is 11.8 Å². The summed E-state index contributed by atoms with van der Waals surface area (Å²) in [5, 5.41) is 3.93. The predicted molar refractivity (Wildman–Crippen MR) is 87.5 cm³/mol. The van der Waals surface area contributed by atoms with E-state index in [1.165, 1.54) is 37.7 Å². The van der Waals surface area contributed by atoms with Crippen LogP contribution in [0.25, 0.3) is 0 Å². The zero-order valence-corrected chi connectivity index (χ0v) is 13.6. The van der Waals surface area contributed by atoms with Crippen molar-refractivity contribution < 1.29 is 9.21 Å². The summed E-state index contributed by atoms with van der Waals surface area (Å²) >= 11 is 1.49. The maximum Gasteiger partial charge on any atom is 0.251 e. The van der Waals surface area contributed by atoms with E-state index in [4.69, 9.17) is 4.42 Å². The Kier molecular flexibility index (Phi) is 4.10. The topological polar surface area (TPSA) is 58.4 Å². The molecule has 0 saturated carbocycles. The van der Waals surface area contributed by atoms with Gasteiger partial charge in [-0.2, -0.15) is 0 Å². The number of nitrogens with zero attached hydrogens (tertiary/aromatic N) is 2. The number of carbonyl (C=O) groups is 1. The average Bonchev–Trinajstić information content (AvgIpc) is 3.18. The number of amides is 1. The van der Waals surface area contributed by atoms with E-state index in [9.17, 15) is 4.79 Å². The van der Waals surface area contributed by atoms with Crippen molar-refractivity contribution in [3.05, 3.63) is 42.4 Å². The van der Waals surface area contributed by atoms with E-state index in [0.29, 0.717) is 5.56 Å².